The Hall–Kier alpha value is -3.98. The van der Waals surface area contributed by atoms with E-state index in [1.54, 1.807) is 24.8 Å². The fourth-order valence-electron chi connectivity index (χ4n) is 2.85. The van der Waals surface area contributed by atoms with Crippen LogP contribution >= 0.6 is 11.3 Å². The topological polar surface area (TPSA) is 115 Å². The highest BCUT2D eigenvalue weighted by Gasteiger charge is 2.17. The number of nitrogens with one attached hydrogen (secondary N) is 2. The third-order valence-corrected chi connectivity index (χ3v) is 5.13. The second kappa shape index (κ2) is 8.58. The summed E-state index contributed by atoms with van der Waals surface area (Å²) in [6, 6.07) is 13.9. The summed E-state index contributed by atoms with van der Waals surface area (Å²) < 4.78 is 1.82. The third-order valence-electron chi connectivity index (χ3n) is 4.24. The summed E-state index contributed by atoms with van der Waals surface area (Å²) >= 11 is 1.14. The van der Waals surface area contributed by atoms with Crippen molar-refractivity contribution in [2.24, 2.45) is 5.73 Å². The normalized spacial score (nSPS) is 11.1. The van der Waals surface area contributed by atoms with Gasteiger partial charge in [0, 0.05) is 30.7 Å². The lowest BCUT2D eigenvalue weighted by Gasteiger charge is -2.04. The van der Waals surface area contributed by atoms with Crippen molar-refractivity contribution in [2.75, 3.05) is 10.6 Å². The molecule has 8 nitrogen and oxygen atoms in total. The number of fused-ring (bicyclic) bond motifs is 1. The number of rotatable bonds is 7. The van der Waals surface area contributed by atoms with Gasteiger partial charge in [0.15, 0.2) is 10.8 Å². The Morgan fingerprint density at radius 2 is 2.00 bits per heavy atom. The molecule has 0 bridgehead atoms. The fraction of sp³-hybridized carbons (Fsp3) is 0.0476. The molecule has 0 aliphatic rings. The molecule has 0 aliphatic carbocycles. The van der Waals surface area contributed by atoms with Crippen molar-refractivity contribution in [3.05, 3.63) is 79.0 Å². The van der Waals surface area contributed by atoms with Crippen molar-refractivity contribution < 1.29 is 9.59 Å². The van der Waals surface area contributed by atoms with Gasteiger partial charge in [-0.15, -0.1) is 0 Å². The van der Waals surface area contributed by atoms with Crippen LogP contribution in [0.25, 0.3) is 10.8 Å². The van der Waals surface area contributed by atoms with E-state index in [4.69, 9.17) is 5.73 Å². The van der Waals surface area contributed by atoms with Gasteiger partial charge in [-0.1, -0.05) is 47.7 Å². The lowest BCUT2D eigenvalue weighted by molar-refractivity contribution is -0.111. The first kappa shape index (κ1) is 19.3. The Bertz CT molecular complexity index is 1230. The molecule has 4 N–H and O–H groups in total. The zero-order valence-electron chi connectivity index (χ0n) is 15.8. The number of benzene rings is 2. The fourth-order valence-corrected chi connectivity index (χ4v) is 3.74. The van der Waals surface area contributed by atoms with E-state index in [0.29, 0.717) is 16.7 Å². The largest absolute Gasteiger partial charge is 0.364 e. The van der Waals surface area contributed by atoms with Gasteiger partial charge in [-0.05, 0) is 22.9 Å². The van der Waals surface area contributed by atoms with Crippen LogP contribution in [-0.2, 0) is 11.3 Å². The van der Waals surface area contributed by atoms with Crippen LogP contribution in [0.2, 0.25) is 0 Å². The molecule has 2 amide bonds. The number of nitrogens with zero attached hydrogens (tertiary/aromatic N) is 3. The molecule has 0 aliphatic heterocycles. The summed E-state index contributed by atoms with van der Waals surface area (Å²) in [5, 5.41) is 8.78. The highest BCUT2D eigenvalue weighted by Crippen LogP contribution is 2.31. The Kier molecular flexibility index (Phi) is 5.53. The molecule has 2 aromatic heterocycles. The van der Waals surface area contributed by atoms with Crippen LogP contribution in [0.3, 0.4) is 0 Å². The van der Waals surface area contributed by atoms with E-state index in [2.05, 4.69) is 20.6 Å². The van der Waals surface area contributed by atoms with E-state index in [1.807, 2.05) is 47.0 Å². The molecule has 30 heavy (non-hydrogen) atoms. The van der Waals surface area contributed by atoms with Crippen molar-refractivity contribution in [3.63, 3.8) is 0 Å². The van der Waals surface area contributed by atoms with Gasteiger partial charge in [0.1, 0.15) is 5.00 Å². The van der Waals surface area contributed by atoms with Crippen LogP contribution in [0.4, 0.5) is 15.8 Å². The van der Waals surface area contributed by atoms with Crippen LogP contribution in [0, 0.1) is 0 Å². The number of thiazole rings is 1. The van der Waals surface area contributed by atoms with Gasteiger partial charge < -0.3 is 20.9 Å². The molecule has 150 valence electrons. The van der Waals surface area contributed by atoms with Crippen molar-refractivity contribution in [1.82, 2.24) is 14.5 Å². The molecule has 2 heterocycles. The maximum atomic E-state index is 12.2. The average molecular weight is 418 g/mol. The van der Waals surface area contributed by atoms with Crippen molar-refractivity contribution >= 4 is 49.7 Å². The van der Waals surface area contributed by atoms with Gasteiger partial charge in [0.2, 0.25) is 5.91 Å². The molecule has 0 saturated heterocycles. The molecule has 0 unspecified atom stereocenters. The van der Waals surface area contributed by atoms with Gasteiger partial charge in [-0.2, -0.15) is 0 Å². The van der Waals surface area contributed by atoms with Gasteiger partial charge in [0.05, 0.1) is 6.33 Å². The quantitative estimate of drug-likeness (QED) is 0.397. The number of carbonyl (C=O) groups excluding carboxylic acids is 2. The number of nitrogens with two attached hydrogens (primary N) is 1. The minimum Gasteiger partial charge on any atom is -0.364 e. The monoisotopic (exact) mass is 418 g/mol. The first-order valence-electron chi connectivity index (χ1n) is 9.08. The van der Waals surface area contributed by atoms with Crippen LogP contribution in [-0.4, -0.2) is 26.3 Å². The number of carbonyl (C=O) groups is 2. The molecule has 0 atom stereocenters. The SMILES string of the molecule is NC(=O)c1nc(Nc2ccc3ccccc3c2)sc1NC(=O)C=CCn1ccnc1. The summed E-state index contributed by atoms with van der Waals surface area (Å²) in [6.07, 6.45) is 8.19. The molecular formula is C21H18N6O2S. The molecule has 4 rings (SSSR count). The number of imidazole rings is 1. The summed E-state index contributed by atoms with van der Waals surface area (Å²) in [5.41, 5.74) is 6.26. The molecule has 0 fully saturated rings. The first-order chi connectivity index (χ1) is 14.6. The van der Waals surface area contributed by atoms with E-state index < -0.39 is 5.91 Å². The molecule has 4 aromatic rings. The predicted octanol–water partition coefficient (Wildman–Crippen LogP) is 3.53. The number of anilines is 3. The smallest absolute Gasteiger partial charge is 0.270 e. The lowest BCUT2D eigenvalue weighted by atomic mass is 10.1. The highest BCUT2D eigenvalue weighted by atomic mass is 32.1. The number of aromatic nitrogens is 3. The van der Waals surface area contributed by atoms with E-state index in [0.717, 1.165) is 27.8 Å². The number of hydrogen-bond acceptors (Lipinski definition) is 6. The van der Waals surface area contributed by atoms with Crippen LogP contribution < -0.4 is 16.4 Å². The maximum Gasteiger partial charge on any atom is 0.270 e. The zero-order chi connectivity index (χ0) is 20.9. The van der Waals surface area contributed by atoms with Crippen molar-refractivity contribution in [1.29, 1.82) is 0 Å². The number of primary amides is 1. The Balaban J connectivity index is 1.48. The molecule has 0 radical (unpaired) electrons. The van der Waals surface area contributed by atoms with Crippen molar-refractivity contribution in [2.45, 2.75) is 6.54 Å². The minimum atomic E-state index is -0.712. The Morgan fingerprint density at radius 3 is 2.77 bits per heavy atom. The Labute approximate surface area is 176 Å². The summed E-state index contributed by atoms with van der Waals surface area (Å²) in [4.78, 5) is 32.2. The van der Waals surface area contributed by atoms with E-state index in [9.17, 15) is 9.59 Å². The maximum absolute atomic E-state index is 12.2. The van der Waals surface area contributed by atoms with E-state index >= 15 is 0 Å². The average Bonchev–Trinajstić information content (AvgIpc) is 3.38. The summed E-state index contributed by atoms with van der Waals surface area (Å²) in [6.45, 7) is 0.507. The molecule has 2 aromatic carbocycles. The minimum absolute atomic E-state index is 0.0136. The van der Waals surface area contributed by atoms with Gasteiger partial charge in [-0.25, -0.2) is 9.97 Å². The van der Waals surface area contributed by atoms with E-state index in [1.165, 1.54) is 6.08 Å². The molecule has 0 saturated carbocycles. The van der Waals surface area contributed by atoms with Crippen LogP contribution in [0.1, 0.15) is 10.5 Å². The van der Waals surface area contributed by atoms with Crippen LogP contribution in [0.15, 0.2) is 73.3 Å². The van der Waals surface area contributed by atoms with Gasteiger partial charge in [0.25, 0.3) is 5.91 Å². The lowest BCUT2D eigenvalue weighted by Crippen LogP contribution is -2.16. The second-order valence-electron chi connectivity index (χ2n) is 6.40. The molecular weight excluding hydrogens is 400 g/mol. The number of allylic oxidation sites excluding steroid dienone is 1. The van der Waals surface area contributed by atoms with E-state index in [-0.39, 0.29) is 11.6 Å². The predicted molar refractivity (Wildman–Crippen MR) is 118 cm³/mol. The third kappa shape index (κ3) is 4.53. The zero-order valence-corrected chi connectivity index (χ0v) is 16.6. The van der Waals surface area contributed by atoms with Crippen LogP contribution in [0.5, 0.6) is 0 Å². The summed E-state index contributed by atoms with van der Waals surface area (Å²) in [7, 11) is 0. The van der Waals surface area contributed by atoms with Crippen molar-refractivity contribution in [3.8, 4) is 0 Å². The molecule has 9 heteroatoms. The van der Waals surface area contributed by atoms with Gasteiger partial charge >= 0.3 is 0 Å². The second-order valence-corrected chi connectivity index (χ2v) is 7.40. The molecule has 0 spiro atoms. The first-order valence-corrected chi connectivity index (χ1v) is 9.90. The van der Waals surface area contributed by atoms with Gasteiger partial charge in [-0.3, -0.25) is 9.59 Å². The number of amides is 2. The summed E-state index contributed by atoms with van der Waals surface area (Å²) in [5.74, 6) is -1.09. The highest BCUT2D eigenvalue weighted by molar-refractivity contribution is 7.20. The standard InChI is InChI=1S/C21H18N6O2S/c22-19(29)18-20(25-17(28)6-3-10-27-11-9-23-13-27)30-21(26-18)24-16-8-7-14-4-1-2-5-15(14)12-16/h1-9,11-13H,10H2,(H2,22,29)(H,24,26)(H,25,28). The number of hydrogen-bond donors (Lipinski definition) is 3. The Morgan fingerprint density at radius 1 is 1.17 bits per heavy atom.